The number of para-hydroxylation sites is 1. The van der Waals surface area contributed by atoms with Gasteiger partial charge in [-0.05, 0) is 44.4 Å². The average Bonchev–Trinajstić information content (AvgIpc) is 2.85. The van der Waals surface area contributed by atoms with Gasteiger partial charge in [0, 0.05) is 18.9 Å². The Morgan fingerprint density at radius 2 is 1.86 bits per heavy atom. The molecule has 0 radical (unpaired) electrons. The van der Waals surface area contributed by atoms with Crippen LogP contribution in [0.3, 0.4) is 0 Å². The van der Waals surface area contributed by atoms with Crippen LogP contribution in [0.4, 0.5) is 0 Å². The monoisotopic (exact) mass is 281 g/mol. The van der Waals surface area contributed by atoms with Crippen LogP contribution in [-0.4, -0.2) is 23.0 Å². The summed E-state index contributed by atoms with van der Waals surface area (Å²) in [7, 11) is 0. The van der Waals surface area contributed by atoms with Crippen LogP contribution in [0.1, 0.15) is 29.8 Å². The molecule has 0 saturated carbocycles. The summed E-state index contributed by atoms with van der Waals surface area (Å²) in [6, 6.07) is 12.6. The second kappa shape index (κ2) is 5.34. The first kappa shape index (κ1) is 13.8. The molecule has 1 fully saturated rings. The Kier molecular flexibility index (Phi) is 3.52. The Bertz CT molecular complexity index is 676. The maximum atomic E-state index is 9.74. The molecular formula is C17H19N3O. The molecule has 2 heterocycles. The quantitative estimate of drug-likeness (QED) is 0.850. The topological polar surface area (TPSA) is 50.8 Å². The Morgan fingerprint density at radius 3 is 2.48 bits per heavy atom. The van der Waals surface area contributed by atoms with E-state index in [-0.39, 0.29) is 0 Å². The molecule has 108 valence electrons. The van der Waals surface area contributed by atoms with Crippen LogP contribution < -0.4 is 0 Å². The summed E-state index contributed by atoms with van der Waals surface area (Å²) in [5.41, 5.74) is 3.64. The molecule has 1 aliphatic heterocycles. The Morgan fingerprint density at radius 1 is 1.19 bits per heavy atom. The molecule has 1 aliphatic rings. The van der Waals surface area contributed by atoms with Gasteiger partial charge in [-0.2, -0.15) is 10.4 Å². The van der Waals surface area contributed by atoms with Crippen molar-refractivity contribution in [2.75, 3.05) is 13.2 Å². The third-order valence-corrected chi connectivity index (χ3v) is 4.43. The van der Waals surface area contributed by atoms with E-state index in [0.29, 0.717) is 13.2 Å². The van der Waals surface area contributed by atoms with E-state index >= 15 is 0 Å². The summed E-state index contributed by atoms with van der Waals surface area (Å²) in [6.07, 6.45) is 1.44. The number of nitrogens with zero attached hydrogens (tertiary/aromatic N) is 3. The van der Waals surface area contributed by atoms with Crippen LogP contribution in [0.2, 0.25) is 0 Å². The molecule has 1 aromatic heterocycles. The van der Waals surface area contributed by atoms with Gasteiger partial charge in [-0.15, -0.1) is 0 Å². The van der Waals surface area contributed by atoms with E-state index in [1.54, 1.807) is 0 Å². The first-order valence-corrected chi connectivity index (χ1v) is 7.29. The summed E-state index contributed by atoms with van der Waals surface area (Å²) in [5, 5.41) is 14.5. The molecule has 0 atom stereocenters. The van der Waals surface area contributed by atoms with Crippen molar-refractivity contribution in [1.29, 1.82) is 5.26 Å². The van der Waals surface area contributed by atoms with Gasteiger partial charge in [0.05, 0.1) is 17.5 Å². The third-order valence-electron chi connectivity index (χ3n) is 4.43. The highest BCUT2D eigenvalue weighted by Gasteiger charge is 2.39. The Hall–Kier alpha value is -2.12. The Labute approximate surface area is 125 Å². The highest BCUT2D eigenvalue weighted by Crippen LogP contribution is 2.36. The molecule has 0 spiro atoms. The molecule has 0 N–H and O–H groups in total. The normalized spacial score (nSPS) is 17.4. The summed E-state index contributed by atoms with van der Waals surface area (Å²) in [6.45, 7) is 5.38. The van der Waals surface area contributed by atoms with Gasteiger partial charge in [-0.1, -0.05) is 18.2 Å². The lowest BCUT2D eigenvalue weighted by Gasteiger charge is -2.29. The molecule has 1 saturated heterocycles. The van der Waals surface area contributed by atoms with Crippen LogP contribution in [0, 0.1) is 25.2 Å². The number of rotatable bonds is 2. The van der Waals surface area contributed by atoms with Gasteiger partial charge in [0.2, 0.25) is 0 Å². The first-order chi connectivity index (χ1) is 10.2. The van der Waals surface area contributed by atoms with E-state index in [9.17, 15) is 5.26 Å². The van der Waals surface area contributed by atoms with Crippen LogP contribution in [0.5, 0.6) is 0 Å². The van der Waals surface area contributed by atoms with Crippen molar-refractivity contribution in [3.05, 3.63) is 47.3 Å². The summed E-state index contributed by atoms with van der Waals surface area (Å²) >= 11 is 0. The number of ether oxygens (including phenoxy) is 1. The molecule has 21 heavy (non-hydrogen) atoms. The number of hydrogen-bond donors (Lipinski definition) is 0. The van der Waals surface area contributed by atoms with Crippen LogP contribution in [0.15, 0.2) is 30.3 Å². The zero-order valence-corrected chi connectivity index (χ0v) is 12.5. The van der Waals surface area contributed by atoms with Crippen molar-refractivity contribution in [2.45, 2.75) is 32.1 Å². The zero-order valence-electron chi connectivity index (χ0n) is 12.5. The lowest BCUT2D eigenvalue weighted by Crippen LogP contribution is -2.33. The molecular weight excluding hydrogens is 262 g/mol. The summed E-state index contributed by atoms with van der Waals surface area (Å²) in [4.78, 5) is 0. The van der Waals surface area contributed by atoms with Crippen molar-refractivity contribution < 1.29 is 4.74 Å². The standard InChI is InChI=1S/C17H19N3O/c1-13-14(2)20(15-6-4-3-5-7-15)19-16(13)17(12-18)8-10-21-11-9-17/h3-7H,8-11H2,1-2H3. The molecule has 0 bridgehead atoms. The van der Waals surface area contributed by atoms with E-state index in [4.69, 9.17) is 9.84 Å². The second-order valence-electron chi connectivity index (χ2n) is 5.61. The summed E-state index contributed by atoms with van der Waals surface area (Å²) < 4.78 is 7.37. The van der Waals surface area contributed by atoms with E-state index < -0.39 is 5.41 Å². The number of hydrogen-bond acceptors (Lipinski definition) is 3. The summed E-state index contributed by atoms with van der Waals surface area (Å²) in [5.74, 6) is 0. The third kappa shape index (κ3) is 2.24. The van der Waals surface area contributed by atoms with Crippen molar-refractivity contribution in [2.24, 2.45) is 0 Å². The lowest BCUT2D eigenvalue weighted by molar-refractivity contribution is 0.0661. The van der Waals surface area contributed by atoms with Crippen molar-refractivity contribution >= 4 is 0 Å². The maximum absolute atomic E-state index is 9.74. The van der Waals surface area contributed by atoms with Gasteiger partial charge in [0.1, 0.15) is 5.41 Å². The van der Waals surface area contributed by atoms with Gasteiger partial charge in [-0.3, -0.25) is 0 Å². The van der Waals surface area contributed by atoms with E-state index in [2.05, 4.69) is 19.9 Å². The largest absolute Gasteiger partial charge is 0.381 e. The molecule has 3 rings (SSSR count). The predicted octanol–water partition coefficient (Wildman–Crippen LogP) is 3.06. The number of nitriles is 1. The van der Waals surface area contributed by atoms with E-state index in [1.807, 2.05) is 35.0 Å². The van der Waals surface area contributed by atoms with Gasteiger partial charge in [-0.25, -0.2) is 4.68 Å². The van der Waals surface area contributed by atoms with Gasteiger partial charge >= 0.3 is 0 Å². The molecule has 4 heteroatoms. The minimum absolute atomic E-state index is 0.507. The SMILES string of the molecule is Cc1c(C2(C#N)CCOCC2)nn(-c2ccccc2)c1C. The van der Waals surface area contributed by atoms with Crippen molar-refractivity contribution in [3.63, 3.8) is 0 Å². The van der Waals surface area contributed by atoms with Crippen LogP contribution in [-0.2, 0) is 10.2 Å². The van der Waals surface area contributed by atoms with Crippen LogP contribution >= 0.6 is 0 Å². The minimum atomic E-state index is -0.507. The fraction of sp³-hybridized carbons (Fsp3) is 0.412. The molecule has 0 unspecified atom stereocenters. The van der Waals surface area contributed by atoms with E-state index in [1.165, 1.54) is 0 Å². The van der Waals surface area contributed by atoms with Crippen LogP contribution in [0.25, 0.3) is 5.69 Å². The smallest absolute Gasteiger partial charge is 0.106 e. The maximum Gasteiger partial charge on any atom is 0.106 e. The molecule has 4 nitrogen and oxygen atoms in total. The lowest BCUT2D eigenvalue weighted by atomic mass is 9.77. The van der Waals surface area contributed by atoms with Crippen molar-refractivity contribution in [3.8, 4) is 11.8 Å². The molecule has 0 aliphatic carbocycles. The fourth-order valence-electron chi connectivity index (χ4n) is 2.98. The van der Waals surface area contributed by atoms with Gasteiger partial charge in [0.25, 0.3) is 0 Å². The van der Waals surface area contributed by atoms with E-state index in [0.717, 1.165) is 35.5 Å². The number of benzene rings is 1. The fourth-order valence-corrected chi connectivity index (χ4v) is 2.98. The molecule has 2 aromatic rings. The molecule has 1 aromatic carbocycles. The first-order valence-electron chi connectivity index (χ1n) is 7.29. The second-order valence-corrected chi connectivity index (χ2v) is 5.61. The predicted molar refractivity (Wildman–Crippen MR) is 80.4 cm³/mol. The highest BCUT2D eigenvalue weighted by molar-refractivity contribution is 5.41. The number of aromatic nitrogens is 2. The van der Waals surface area contributed by atoms with Gasteiger partial charge in [0.15, 0.2) is 0 Å². The highest BCUT2D eigenvalue weighted by atomic mass is 16.5. The Balaban J connectivity index is 2.11. The minimum Gasteiger partial charge on any atom is -0.381 e. The average molecular weight is 281 g/mol. The zero-order chi connectivity index (χ0) is 14.9. The van der Waals surface area contributed by atoms with Crippen molar-refractivity contribution in [1.82, 2.24) is 9.78 Å². The van der Waals surface area contributed by atoms with Gasteiger partial charge < -0.3 is 4.74 Å². The molecule has 0 amide bonds.